The molecular weight excluding hydrogens is 339 g/mol. The second-order valence-corrected chi connectivity index (χ2v) is 5.85. The Labute approximate surface area is 140 Å². The zero-order chi connectivity index (χ0) is 18.2. The highest BCUT2D eigenvalue weighted by Crippen LogP contribution is 2.46. The number of nitrogens with zero attached hydrogens (tertiary/aromatic N) is 3. The first-order chi connectivity index (χ1) is 11.8. The van der Waals surface area contributed by atoms with E-state index in [4.69, 9.17) is 5.11 Å². The first-order valence-corrected chi connectivity index (χ1v) is 7.43. The van der Waals surface area contributed by atoms with Gasteiger partial charge < -0.3 is 10.0 Å². The van der Waals surface area contributed by atoms with Crippen LogP contribution in [0.1, 0.15) is 16.9 Å². The van der Waals surface area contributed by atoms with Crippen molar-refractivity contribution in [1.82, 2.24) is 14.5 Å². The van der Waals surface area contributed by atoms with Crippen molar-refractivity contribution in [2.45, 2.75) is 12.6 Å². The third kappa shape index (κ3) is 2.75. The molecule has 1 aliphatic rings. The van der Waals surface area contributed by atoms with Gasteiger partial charge in [0.25, 0.3) is 5.91 Å². The van der Waals surface area contributed by atoms with Gasteiger partial charge in [-0.05, 0) is 18.6 Å². The average molecular weight is 353 g/mol. The topological polar surface area (TPSA) is 75.4 Å². The monoisotopic (exact) mass is 353 g/mol. The minimum Gasteiger partial charge on any atom is -0.481 e. The van der Waals surface area contributed by atoms with E-state index in [9.17, 15) is 22.8 Å². The van der Waals surface area contributed by atoms with Crippen LogP contribution in [-0.2, 0) is 4.79 Å². The minimum atomic E-state index is -4.94. The number of carboxylic acid groups (broad SMARTS) is 1. The molecule has 9 heteroatoms. The number of carboxylic acids is 1. The van der Waals surface area contributed by atoms with Gasteiger partial charge in [-0.25, -0.2) is 4.98 Å². The van der Waals surface area contributed by atoms with Gasteiger partial charge in [0.05, 0.1) is 12.5 Å². The average Bonchev–Trinajstić information content (AvgIpc) is 3.22. The van der Waals surface area contributed by atoms with Crippen molar-refractivity contribution in [2.75, 3.05) is 13.1 Å². The summed E-state index contributed by atoms with van der Waals surface area (Å²) in [5, 5.41) is 9.09. The summed E-state index contributed by atoms with van der Waals surface area (Å²) in [6.07, 6.45) is -2.97. The fourth-order valence-electron chi connectivity index (χ4n) is 2.92. The maximum absolute atomic E-state index is 13.3. The second-order valence-electron chi connectivity index (χ2n) is 5.85. The molecule has 0 aliphatic carbocycles. The number of halogens is 3. The van der Waals surface area contributed by atoms with Crippen LogP contribution in [0.3, 0.4) is 0 Å². The van der Waals surface area contributed by atoms with Gasteiger partial charge in [-0.15, -0.1) is 0 Å². The van der Waals surface area contributed by atoms with E-state index in [1.54, 1.807) is 30.3 Å². The highest BCUT2D eigenvalue weighted by molar-refractivity contribution is 5.94. The van der Waals surface area contributed by atoms with Gasteiger partial charge >= 0.3 is 12.1 Å². The van der Waals surface area contributed by atoms with Crippen molar-refractivity contribution in [3.05, 3.63) is 48.5 Å². The van der Waals surface area contributed by atoms with Crippen LogP contribution in [-0.4, -0.2) is 50.7 Å². The lowest BCUT2D eigenvalue weighted by atomic mass is 9.86. The molecule has 25 heavy (non-hydrogen) atoms. The molecule has 2 aromatic rings. The number of imidazole rings is 1. The Bertz CT molecular complexity index is 804. The van der Waals surface area contributed by atoms with E-state index in [1.165, 1.54) is 17.1 Å². The predicted molar refractivity (Wildman–Crippen MR) is 80.2 cm³/mol. The molecule has 1 atom stereocenters. The van der Waals surface area contributed by atoms with Gasteiger partial charge in [-0.1, -0.05) is 18.2 Å². The summed E-state index contributed by atoms with van der Waals surface area (Å²) in [7, 11) is 0. The molecule has 1 saturated heterocycles. The molecular formula is C16H14F3N3O3. The second kappa shape index (κ2) is 5.91. The summed E-state index contributed by atoms with van der Waals surface area (Å²) >= 11 is 0. The highest BCUT2D eigenvalue weighted by atomic mass is 19.4. The van der Waals surface area contributed by atoms with Crippen LogP contribution in [0.2, 0.25) is 0 Å². The number of alkyl halides is 3. The van der Waals surface area contributed by atoms with Gasteiger partial charge in [0, 0.05) is 18.8 Å². The molecule has 1 aromatic heterocycles. The molecule has 132 valence electrons. The highest BCUT2D eigenvalue weighted by Gasteiger charge is 2.64. The molecule has 1 aromatic carbocycles. The number of likely N-dealkylation sites (tertiary alicyclic amines) is 1. The van der Waals surface area contributed by atoms with Crippen LogP contribution in [0.5, 0.6) is 0 Å². The van der Waals surface area contributed by atoms with Crippen molar-refractivity contribution in [3.63, 3.8) is 0 Å². The number of amides is 1. The lowest BCUT2D eigenvalue weighted by Crippen LogP contribution is -2.47. The van der Waals surface area contributed by atoms with E-state index in [2.05, 4.69) is 4.98 Å². The predicted octanol–water partition coefficient (Wildman–Crippen LogP) is 2.35. The number of para-hydroxylation sites is 1. The van der Waals surface area contributed by atoms with Crippen molar-refractivity contribution in [2.24, 2.45) is 5.41 Å². The molecule has 1 aliphatic heterocycles. The van der Waals surface area contributed by atoms with Crippen molar-refractivity contribution >= 4 is 11.9 Å². The Hall–Kier alpha value is -2.84. The number of carbonyl (C=O) groups excluding carboxylic acids is 1. The molecule has 2 heterocycles. The zero-order valence-corrected chi connectivity index (χ0v) is 12.9. The SMILES string of the molecule is O=C(c1cncn1-c1ccccc1)N1CCC(C(=O)O)(C(F)(F)F)C1. The third-order valence-corrected chi connectivity index (χ3v) is 4.40. The number of carbonyl (C=O) groups is 2. The molecule has 1 fully saturated rings. The van der Waals surface area contributed by atoms with E-state index in [0.717, 1.165) is 4.90 Å². The fraction of sp³-hybridized carbons (Fsp3) is 0.312. The number of hydrogen-bond acceptors (Lipinski definition) is 3. The number of rotatable bonds is 3. The Morgan fingerprint density at radius 1 is 1.20 bits per heavy atom. The van der Waals surface area contributed by atoms with Crippen molar-refractivity contribution < 1.29 is 27.9 Å². The number of aromatic nitrogens is 2. The number of hydrogen-bond donors (Lipinski definition) is 1. The summed E-state index contributed by atoms with van der Waals surface area (Å²) in [4.78, 5) is 28.7. The van der Waals surface area contributed by atoms with E-state index in [1.807, 2.05) is 0 Å². The first-order valence-electron chi connectivity index (χ1n) is 7.43. The molecule has 0 spiro atoms. The maximum Gasteiger partial charge on any atom is 0.406 e. The number of aliphatic carboxylic acids is 1. The maximum atomic E-state index is 13.3. The molecule has 0 radical (unpaired) electrons. The summed E-state index contributed by atoms with van der Waals surface area (Å²) in [6.45, 7) is -1.20. The standard InChI is InChI=1S/C16H14F3N3O3/c17-16(18,19)15(14(24)25)6-7-21(9-15)13(23)12-8-20-10-22(12)11-4-2-1-3-5-11/h1-5,8,10H,6-7,9H2,(H,24,25). The molecule has 1 unspecified atom stereocenters. The molecule has 3 rings (SSSR count). The molecule has 0 bridgehead atoms. The van der Waals surface area contributed by atoms with Crippen LogP contribution in [0.25, 0.3) is 5.69 Å². The van der Waals surface area contributed by atoms with Gasteiger partial charge in [-0.3, -0.25) is 14.2 Å². The summed E-state index contributed by atoms with van der Waals surface area (Å²) in [5.41, 5.74) is -2.22. The lowest BCUT2D eigenvalue weighted by molar-refractivity contribution is -0.227. The van der Waals surface area contributed by atoms with E-state index in [0.29, 0.717) is 5.69 Å². The Kier molecular flexibility index (Phi) is 4.02. The third-order valence-electron chi connectivity index (χ3n) is 4.40. The zero-order valence-electron chi connectivity index (χ0n) is 12.9. The lowest BCUT2D eigenvalue weighted by Gasteiger charge is -2.27. The van der Waals surface area contributed by atoms with Crippen LogP contribution in [0, 0.1) is 5.41 Å². The van der Waals surface area contributed by atoms with E-state index >= 15 is 0 Å². The van der Waals surface area contributed by atoms with Crippen molar-refractivity contribution in [3.8, 4) is 5.69 Å². The Morgan fingerprint density at radius 3 is 2.44 bits per heavy atom. The summed E-state index contributed by atoms with van der Waals surface area (Å²) < 4.78 is 41.2. The van der Waals surface area contributed by atoms with Gasteiger partial charge in [-0.2, -0.15) is 13.2 Å². The minimum absolute atomic E-state index is 0.0783. The number of benzene rings is 1. The normalized spacial score (nSPS) is 20.7. The Balaban J connectivity index is 1.90. The molecule has 1 N–H and O–H groups in total. The van der Waals surface area contributed by atoms with Crippen molar-refractivity contribution in [1.29, 1.82) is 0 Å². The Morgan fingerprint density at radius 2 is 1.88 bits per heavy atom. The summed E-state index contributed by atoms with van der Waals surface area (Å²) in [5.74, 6) is -2.65. The first kappa shape index (κ1) is 17.0. The van der Waals surface area contributed by atoms with Crippen LogP contribution < -0.4 is 0 Å². The van der Waals surface area contributed by atoms with E-state index in [-0.39, 0.29) is 12.2 Å². The van der Waals surface area contributed by atoms with Gasteiger partial charge in [0.15, 0.2) is 5.41 Å². The van der Waals surface area contributed by atoms with Gasteiger partial charge in [0.2, 0.25) is 0 Å². The van der Waals surface area contributed by atoms with E-state index < -0.39 is 36.4 Å². The molecule has 6 nitrogen and oxygen atoms in total. The fourth-order valence-corrected chi connectivity index (χ4v) is 2.92. The van der Waals surface area contributed by atoms with Crippen LogP contribution in [0.4, 0.5) is 13.2 Å². The molecule has 0 saturated carbocycles. The van der Waals surface area contributed by atoms with Crippen LogP contribution >= 0.6 is 0 Å². The summed E-state index contributed by atoms with van der Waals surface area (Å²) in [6, 6.07) is 8.73. The van der Waals surface area contributed by atoms with Crippen LogP contribution in [0.15, 0.2) is 42.9 Å². The largest absolute Gasteiger partial charge is 0.481 e. The quantitative estimate of drug-likeness (QED) is 0.919. The smallest absolute Gasteiger partial charge is 0.406 e. The molecule has 1 amide bonds. The van der Waals surface area contributed by atoms with Gasteiger partial charge in [0.1, 0.15) is 5.69 Å².